The van der Waals surface area contributed by atoms with Gasteiger partial charge in [0, 0.05) is 17.0 Å². The molecule has 3 N–H and O–H groups in total. The molecule has 0 fully saturated rings. The van der Waals surface area contributed by atoms with Crippen molar-refractivity contribution in [1.82, 2.24) is 14.8 Å². The van der Waals surface area contributed by atoms with Gasteiger partial charge in [-0.3, -0.25) is 14.2 Å². The zero-order chi connectivity index (χ0) is 23.8. The number of hydrogen-bond acceptors (Lipinski definition) is 6. The maximum atomic E-state index is 12.7. The van der Waals surface area contributed by atoms with Gasteiger partial charge < -0.3 is 11.1 Å². The molecule has 3 aromatic carbocycles. The molecule has 0 saturated carbocycles. The highest BCUT2D eigenvalue weighted by atomic mass is 32.2. The summed E-state index contributed by atoms with van der Waals surface area (Å²) in [5.41, 5.74) is 7.97. The van der Waals surface area contributed by atoms with Gasteiger partial charge in [0.05, 0.1) is 17.2 Å². The summed E-state index contributed by atoms with van der Waals surface area (Å²) in [6.45, 7) is 0. The van der Waals surface area contributed by atoms with Gasteiger partial charge in [-0.05, 0) is 29.8 Å². The van der Waals surface area contributed by atoms with Gasteiger partial charge >= 0.3 is 0 Å². The van der Waals surface area contributed by atoms with Gasteiger partial charge in [-0.2, -0.15) is 0 Å². The predicted octanol–water partition coefficient (Wildman–Crippen LogP) is 4.17. The van der Waals surface area contributed by atoms with Gasteiger partial charge in [0.2, 0.25) is 11.8 Å². The van der Waals surface area contributed by atoms with Crippen LogP contribution in [0, 0.1) is 0 Å². The Morgan fingerprint density at radius 3 is 2.24 bits per heavy atom. The van der Waals surface area contributed by atoms with Crippen LogP contribution < -0.4 is 11.1 Å². The summed E-state index contributed by atoms with van der Waals surface area (Å²) >= 11 is 2.61. The SMILES string of the molecule is NC(=O)CSc1ccccc1NC(=O)CSc1nnc(Cc2ccccc2)n1-c1ccccc1. The lowest BCUT2D eigenvalue weighted by molar-refractivity contribution is -0.115. The van der Waals surface area contributed by atoms with Gasteiger partial charge in [0.15, 0.2) is 5.16 Å². The highest BCUT2D eigenvalue weighted by Crippen LogP contribution is 2.28. The Bertz CT molecular complexity index is 1260. The summed E-state index contributed by atoms with van der Waals surface area (Å²) in [5.74, 6) is 0.517. The molecule has 1 heterocycles. The molecule has 34 heavy (non-hydrogen) atoms. The van der Waals surface area contributed by atoms with E-state index in [0.29, 0.717) is 17.3 Å². The molecular formula is C25H23N5O2S2. The Balaban J connectivity index is 1.49. The van der Waals surface area contributed by atoms with Gasteiger partial charge in [-0.15, -0.1) is 22.0 Å². The lowest BCUT2D eigenvalue weighted by atomic mass is 10.1. The number of carbonyl (C=O) groups is 2. The standard InChI is InChI=1S/C25H23N5O2S2/c26-22(31)16-33-21-14-8-7-13-20(21)27-24(32)17-34-25-29-28-23(15-18-9-3-1-4-10-18)30(25)19-11-5-2-6-12-19/h1-14H,15-17H2,(H2,26,31)(H,27,32). The van der Waals surface area contributed by atoms with E-state index in [0.717, 1.165) is 22.0 Å². The first-order valence-electron chi connectivity index (χ1n) is 10.6. The molecule has 172 valence electrons. The van der Waals surface area contributed by atoms with Crippen LogP contribution in [-0.2, 0) is 16.0 Å². The van der Waals surface area contributed by atoms with Crippen LogP contribution in [0.25, 0.3) is 5.69 Å². The van der Waals surface area contributed by atoms with Crippen LogP contribution in [0.4, 0.5) is 5.69 Å². The van der Waals surface area contributed by atoms with Crippen molar-refractivity contribution in [2.24, 2.45) is 5.73 Å². The number of nitrogens with two attached hydrogens (primary N) is 1. The molecule has 0 radical (unpaired) electrons. The molecule has 0 atom stereocenters. The molecule has 0 spiro atoms. The van der Waals surface area contributed by atoms with E-state index in [-0.39, 0.29) is 17.4 Å². The summed E-state index contributed by atoms with van der Waals surface area (Å²) < 4.78 is 1.99. The topological polar surface area (TPSA) is 103 Å². The van der Waals surface area contributed by atoms with E-state index in [2.05, 4.69) is 27.6 Å². The quantitative estimate of drug-likeness (QED) is 0.324. The third-order valence-electron chi connectivity index (χ3n) is 4.78. The van der Waals surface area contributed by atoms with Crippen LogP contribution in [0.15, 0.2) is 95.0 Å². The van der Waals surface area contributed by atoms with Crippen LogP contribution >= 0.6 is 23.5 Å². The average molecular weight is 490 g/mol. The van der Waals surface area contributed by atoms with Crippen molar-refractivity contribution in [3.8, 4) is 5.69 Å². The predicted molar refractivity (Wildman–Crippen MR) is 136 cm³/mol. The Morgan fingerprint density at radius 1 is 0.824 bits per heavy atom. The molecular weight excluding hydrogens is 466 g/mol. The number of nitrogens with one attached hydrogen (secondary N) is 1. The van der Waals surface area contributed by atoms with Crippen molar-refractivity contribution in [3.05, 3.63) is 96.3 Å². The van der Waals surface area contributed by atoms with Crippen LogP contribution in [0.5, 0.6) is 0 Å². The van der Waals surface area contributed by atoms with E-state index in [9.17, 15) is 9.59 Å². The number of benzene rings is 3. The van der Waals surface area contributed by atoms with Gasteiger partial charge in [-0.1, -0.05) is 72.4 Å². The first-order chi connectivity index (χ1) is 16.6. The average Bonchev–Trinajstić information content (AvgIpc) is 3.25. The van der Waals surface area contributed by atoms with Crippen LogP contribution in [0.3, 0.4) is 0 Å². The van der Waals surface area contributed by atoms with Crippen LogP contribution in [0.2, 0.25) is 0 Å². The molecule has 4 aromatic rings. The van der Waals surface area contributed by atoms with Crippen molar-refractivity contribution >= 4 is 41.0 Å². The molecule has 0 bridgehead atoms. The normalized spacial score (nSPS) is 10.7. The van der Waals surface area contributed by atoms with Gasteiger partial charge in [-0.25, -0.2) is 0 Å². The Hall–Kier alpha value is -3.56. The highest BCUT2D eigenvalue weighted by molar-refractivity contribution is 8.00. The van der Waals surface area contributed by atoms with E-state index in [1.54, 1.807) is 6.07 Å². The second-order valence-electron chi connectivity index (χ2n) is 7.32. The fourth-order valence-electron chi connectivity index (χ4n) is 3.28. The molecule has 9 heteroatoms. The van der Waals surface area contributed by atoms with E-state index in [1.165, 1.54) is 23.5 Å². The summed E-state index contributed by atoms with van der Waals surface area (Å²) in [6, 6.07) is 27.3. The third-order valence-corrected chi connectivity index (χ3v) is 6.81. The van der Waals surface area contributed by atoms with Crippen molar-refractivity contribution in [1.29, 1.82) is 0 Å². The second kappa shape index (κ2) is 11.5. The van der Waals surface area contributed by atoms with E-state index < -0.39 is 5.91 Å². The molecule has 0 aliphatic heterocycles. The number of anilines is 1. The zero-order valence-electron chi connectivity index (χ0n) is 18.3. The first-order valence-corrected chi connectivity index (χ1v) is 12.5. The number of thioether (sulfide) groups is 2. The molecule has 4 rings (SSSR count). The number of primary amides is 1. The van der Waals surface area contributed by atoms with Crippen LogP contribution in [0.1, 0.15) is 11.4 Å². The van der Waals surface area contributed by atoms with Crippen molar-refractivity contribution in [2.75, 3.05) is 16.8 Å². The fourth-order valence-corrected chi connectivity index (χ4v) is 4.80. The minimum Gasteiger partial charge on any atom is -0.369 e. The molecule has 0 unspecified atom stereocenters. The lowest BCUT2D eigenvalue weighted by Crippen LogP contribution is -2.16. The van der Waals surface area contributed by atoms with Gasteiger partial charge in [0.1, 0.15) is 5.82 Å². The summed E-state index contributed by atoms with van der Waals surface area (Å²) in [5, 5.41) is 12.4. The fraction of sp³-hybridized carbons (Fsp3) is 0.120. The minimum absolute atomic E-state index is 0.145. The van der Waals surface area contributed by atoms with Gasteiger partial charge in [0.25, 0.3) is 0 Å². The Morgan fingerprint density at radius 2 is 1.50 bits per heavy atom. The molecule has 1 aromatic heterocycles. The summed E-state index contributed by atoms with van der Waals surface area (Å²) in [6.07, 6.45) is 0.625. The zero-order valence-corrected chi connectivity index (χ0v) is 19.9. The number of nitrogens with zero attached hydrogens (tertiary/aromatic N) is 3. The summed E-state index contributed by atoms with van der Waals surface area (Å²) in [7, 11) is 0. The number of hydrogen-bond donors (Lipinski definition) is 2. The minimum atomic E-state index is -0.409. The molecule has 0 saturated heterocycles. The van der Waals surface area contributed by atoms with Crippen molar-refractivity contribution in [2.45, 2.75) is 16.5 Å². The van der Waals surface area contributed by atoms with Crippen molar-refractivity contribution < 1.29 is 9.59 Å². The number of aromatic nitrogens is 3. The van der Waals surface area contributed by atoms with E-state index >= 15 is 0 Å². The smallest absolute Gasteiger partial charge is 0.234 e. The highest BCUT2D eigenvalue weighted by Gasteiger charge is 2.17. The maximum absolute atomic E-state index is 12.7. The molecule has 7 nitrogen and oxygen atoms in total. The number of amides is 2. The number of rotatable bonds is 10. The molecule has 0 aliphatic rings. The lowest BCUT2D eigenvalue weighted by Gasteiger charge is -2.11. The second-order valence-corrected chi connectivity index (χ2v) is 9.28. The molecule has 0 aliphatic carbocycles. The largest absolute Gasteiger partial charge is 0.369 e. The number of para-hydroxylation sites is 2. The maximum Gasteiger partial charge on any atom is 0.234 e. The van der Waals surface area contributed by atoms with E-state index in [4.69, 9.17) is 5.73 Å². The molecule has 2 amide bonds. The number of carbonyl (C=O) groups excluding carboxylic acids is 2. The first kappa shape index (κ1) is 23.6. The monoisotopic (exact) mass is 489 g/mol. The third kappa shape index (κ3) is 6.27. The van der Waals surface area contributed by atoms with E-state index in [1.807, 2.05) is 71.3 Å². The summed E-state index contributed by atoms with van der Waals surface area (Å²) in [4.78, 5) is 24.6. The Labute approximate surface area is 206 Å². The van der Waals surface area contributed by atoms with Crippen LogP contribution in [-0.4, -0.2) is 38.1 Å². The Kier molecular flexibility index (Phi) is 8.00. The van der Waals surface area contributed by atoms with Crippen molar-refractivity contribution in [3.63, 3.8) is 0 Å².